The second kappa shape index (κ2) is 13.9. The van der Waals surface area contributed by atoms with Gasteiger partial charge in [-0.1, -0.05) is 12.6 Å². The van der Waals surface area contributed by atoms with Crippen LogP contribution in [0.2, 0.25) is 0 Å². The molecule has 2 aromatic rings. The summed E-state index contributed by atoms with van der Waals surface area (Å²) in [6.45, 7) is 3.98. The van der Waals surface area contributed by atoms with E-state index in [1.54, 1.807) is 25.1 Å². The summed E-state index contributed by atoms with van der Waals surface area (Å²) in [5.41, 5.74) is 14.0. The normalized spacial score (nSPS) is 13.9. The molecule has 8 nitrogen and oxygen atoms in total. The van der Waals surface area contributed by atoms with E-state index in [1.165, 1.54) is 11.9 Å². The summed E-state index contributed by atoms with van der Waals surface area (Å²) in [5, 5.41) is 2.65. The van der Waals surface area contributed by atoms with Crippen molar-refractivity contribution in [1.82, 2.24) is 4.90 Å². The molecule has 1 aliphatic rings. The molecule has 0 unspecified atom stereocenters. The largest absolute Gasteiger partial charge is 0.486 e. The van der Waals surface area contributed by atoms with Crippen molar-refractivity contribution < 1.29 is 27.0 Å². The van der Waals surface area contributed by atoms with Gasteiger partial charge >= 0.3 is 0 Å². The number of hydrogen-bond acceptors (Lipinski definition) is 6. The third-order valence-corrected chi connectivity index (χ3v) is 6.96. The molecule has 2 aromatic carbocycles. The Bertz CT molecular complexity index is 1340. The molecule has 12 heteroatoms. The van der Waals surface area contributed by atoms with Crippen LogP contribution in [0.4, 0.5) is 18.4 Å². The number of nitrogens with zero attached hydrogens (tertiary/aromatic N) is 2. The predicted molar refractivity (Wildman–Crippen MR) is 152 cm³/mol. The quantitative estimate of drug-likeness (QED) is 0.136. The molecule has 0 radical (unpaired) electrons. The number of aliphatic imine (C=N–C) groups is 1. The highest BCUT2D eigenvalue weighted by Gasteiger charge is 2.26. The van der Waals surface area contributed by atoms with Crippen molar-refractivity contribution >= 4 is 41.2 Å². The van der Waals surface area contributed by atoms with Gasteiger partial charge in [-0.3, -0.25) is 14.6 Å². The Balaban J connectivity index is 1.90. The number of carbonyl (C=O) groups is 2. The second-order valence-corrected chi connectivity index (χ2v) is 9.70. The number of anilines is 1. The highest BCUT2D eigenvalue weighted by atomic mass is 32.2. The SMILES string of the molecule is C=CC(=O)N(CCF)CCOC(C(N)=NC)=C(N)c1cc(F)cc(NC(=O)c2ccc(C3CC3)cc2SF)c1C. The Hall–Kier alpha value is -3.93. The average Bonchev–Trinajstić information content (AvgIpc) is 3.80. The lowest BCUT2D eigenvalue weighted by Gasteiger charge is -2.21. The number of amidine groups is 1. The van der Waals surface area contributed by atoms with Crippen LogP contribution in [0.3, 0.4) is 0 Å². The summed E-state index contributed by atoms with van der Waals surface area (Å²) >= 11 is -0.0224. The van der Waals surface area contributed by atoms with E-state index in [0.29, 0.717) is 11.5 Å². The van der Waals surface area contributed by atoms with Crippen LogP contribution in [0.15, 0.2) is 58.6 Å². The molecule has 5 N–H and O–H groups in total. The van der Waals surface area contributed by atoms with Crippen molar-refractivity contribution in [1.29, 1.82) is 0 Å². The first-order valence-electron chi connectivity index (χ1n) is 12.5. The fraction of sp³-hybridized carbons (Fsp3) is 0.321. The lowest BCUT2D eigenvalue weighted by Crippen LogP contribution is -2.35. The molecule has 0 aromatic heterocycles. The van der Waals surface area contributed by atoms with E-state index in [1.807, 2.05) is 0 Å². The summed E-state index contributed by atoms with van der Waals surface area (Å²) in [5.74, 6) is -1.59. The zero-order valence-corrected chi connectivity index (χ0v) is 23.1. The van der Waals surface area contributed by atoms with Crippen molar-refractivity contribution in [3.8, 4) is 0 Å². The zero-order valence-electron chi connectivity index (χ0n) is 22.3. The number of ether oxygens (including phenoxy) is 1. The Morgan fingerprint density at radius 3 is 2.55 bits per heavy atom. The van der Waals surface area contributed by atoms with Gasteiger partial charge in [0.2, 0.25) is 5.91 Å². The highest BCUT2D eigenvalue weighted by molar-refractivity contribution is 7.94. The van der Waals surface area contributed by atoms with Gasteiger partial charge < -0.3 is 26.4 Å². The van der Waals surface area contributed by atoms with E-state index in [0.717, 1.165) is 36.6 Å². The fourth-order valence-corrected chi connectivity index (χ4v) is 4.50. The second-order valence-electron chi connectivity index (χ2n) is 9.11. The maximum Gasteiger partial charge on any atom is 0.256 e. The van der Waals surface area contributed by atoms with Gasteiger partial charge in [-0.15, -0.1) is 0 Å². The van der Waals surface area contributed by atoms with Gasteiger partial charge in [-0.2, -0.15) is 3.89 Å². The van der Waals surface area contributed by atoms with Crippen molar-refractivity contribution in [2.75, 3.05) is 38.7 Å². The minimum atomic E-state index is -0.754. The summed E-state index contributed by atoms with van der Waals surface area (Å²) in [4.78, 5) is 30.3. The number of hydrogen-bond donors (Lipinski definition) is 3. The number of rotatable bonds is 13. The van der Waals surface area contributed by atoms with Crippen LogP contribution in [-0.2, 0) is 9.53 Å². The van der Waals surface area contributed by atoms with Crippen LogP contribution in [0.25, 0.3) is 5.70 Å². The number of nitrogens with one attached hydrogen (secondary N) is 1. The van der Waals surface area contributed by atoms with Crippen molar-refractivity contribution in [3.05, 3.63) is 76.8 Å². The third kappa shape index (κ3) is 7.38. The van der Waals surface area contributed by atoms with Gasteiger partial charge in [0, 0.05) is 24.8 Å². The molecular weight excluding hydrogens is 543 g/mol. The minimum absolute atomic E-state index is 0.000438. The highest BCUT2D eigenvalue weighted by Crippen LogP contribution is 2.42. The monoisotopic (exact) mass is 575 g/mol. The maximum atomic E-state index is 14.7. The lowest BCUT2D eigenvalue weighted by molar-refractivity contribution is -0.126. The Kier molecular flexibility index (Phi) is 10.7. The molecule has 1 fully saturated rings. The molecule has 214 valence electrons. The number of halogens is 3. The smallest absolute Gasteiger partial charge is 0.256 e. The number of carbonyl (C=O) groups excluding carboxylic acids is 2. The number of nitrogens with two attached hydrogens (primary N) is 2. The van der Waals surface area contributed by atoms with Crippen molar-refractivity contribution in [2.45, 2.75) is 30.6 Å². The average molecular weight is 576 g/mol. The summed E-state index contributed by atoms with van der Waals surface area (Å²) in [7, 11) is 1.40. The molecule has 0 heterocycles. The van der Waals surface area contributed by atoms with E-state index in [-0.39, 0.29) is 70.8 Å². The standard InChI is InChI=1S/C28H32F3N5O3S/c1-4-24(37)36(10-9-29)11-12-39-26(27(33)34-3)25(32)21-14-19(30)15-22(16(21)2)35-28(38)20-8-7-18(17-5-6-17)13-23(20)40-31/h4,7-8,13-15,17H,1,5-6,9-12,32H2,2-3H3,(H2,33,34)(H,35,38). The number of benzene rings is 2. The van der Waals surface area contributed by atoms with Gasteiger partial charge in [0.25, 0.3) is 5.91 Å². The Labute approximate surface area is 235 Å². The van der Waals surface area contributed by atoms with Crippen LogP contribution < -0.4 is 16.8 Å². The molecular formula is C28H32F3N5O3S. The zero-order chi connectivity index (χ0) is 29.4. The first-order chi connectivity index (χ1) is 19.1. The first kappa shape index (κ1) is 30.6. The third-order valence-electron chi connectivity index (χ3n) is 6.46. The van der Waals surface area contributed by atoms with E-state index < -0.39 is 24.3 Å². The van der Waals surface area contributed by atoms with Crippen LogP contribution >= 0.6 is 12.1 Å². The molecule has 0 bridgehead atoms. The molecule has 40 heavy (non-hydrogen) atoms. The maximum absolute atomic E-state index is 14.7. The van der Waals surface area contributed by atoms with Crippen LogP contribution in [0, 0.1) is 12.7 Å². The van der Waals surface area contributed by atoms with Crippen LogP contribution in [0.1, 0.15) is 45.8 Å². The summed E-state index contributed by atoms with van der Waals surface area (Å²) < 4.78 is 47.0. The fourth-order valence-electron chi connectivity index (χ4n) is 4.07. The number of amides is 2. The predicted octanol–water partition coefficient (Wildman–Crippen LogP) is 4.86. The van der Waals surface area contributed by atoms with Gasteiger partial charge in [-0.25, -0.2) is 8.78 Å². The van der Waals surface area contributed by atoms with Crippen molar-refractivity contribution in [2.24, 2.45) is 16.5 Å². The van der Waals surface area contributed by atoms with Crippen LogP contribution in [-0.4, -0.2) is 56.0 Å². The van der Waals surface area contributed by atoms with Gasteiger partial charge in [0.05, 0.1) is 34.8 Å². The van der Waals surface area contributed by atoms with Gasteiger partial charge in [0.1, 0.15) is 19.1 Å². The van der Waals surface area contributed by atoms with Crippen LogP contribution in [0.5, 0.6) is 0 Å². The molecule has 0 saturated heterocycles. The van der Waals surface area contributed by atoms with E-state index >= 15 is 0 Å². The molecule has 1 aliphatic carbocycles. The van der Waals surface area contributed by atoms with E-state index in [4.69, 9.17) is 16.2 Å². The van der Waals surface area contributed by atoms with Gasteiger partial charge in [0.15, 0.2) is 11.6 Å². The molecule has 0 spiro atoms. The molecule has 2 amide bonds. The summed E-state index contributed by atoms with van der Waals surface area (Å²) in [6, 6.07) is 7.29. The Morgan fingerprint density at radius 1 is 1.23 bits per heavy atom. The molecule has 3 rings (SSSR count). The van der Waals surface area contributed by atoms with Crippen molar-refractivity contribution in [3.63, 3.8) is 0 Å². The molecule has 0 aliphatic heterocycles. The molecule has 0 atom stereocenters. The Morgan fingerprint density at radius 2 is 1.95 bits per heavy atom. The minimum Gasteiger partial charge on any atom is -0.486 e. The van der Waals surface area contributed by atoms with E-state index in [2.05, 4.69) is 16.9 Å². The topological polar surface area (TPSA) is 123 Å². The van der Waals surface area contributed by atoms with Gasteiger partial charge in [-0.05, 0) is 67.2 Å². The molecule has 1 saturated carbocycles. The summed E-state index contributed by atoms with van der Waals surface area (Å²) in [6.07, 6.45) is 3.12. The number of alkyl halides is 1. The van der Waals surface area contributed by atoms with E-state index in [9.17, 15) is 22.3 Å². The lowest BCUT2D eigenvalue weighted by atomic mass is 10.0. The first-order valence-corrected chi connectivity index (χ1v) is 13.2.